The zero-order chi connectivity index (χ0) is 16.5. The van der Waals surface area contributed by atoms with Gasteiger partial charge in [0.1, 0.15) is 5.82 Å². The Morgan fingerprint density at radius 1 is 1.29 bits per heavy atom. The molecule has 1 unspecified atom stereocenters. The summed E-state index contributed by atoms with van der Waals surface area (Å²) in [6, 6.07) is 9.08. The van der Waals surface area contributed by atoms with Crippen LogP contribution in [0, 0.1) is 0 Å². The number of anilines is 1. The molecule has 1 atom stereocenters. The summed E-state index contributed by atoms with van der Waals surface area (Å²) in [5.41, 5.74) is 1.82. The van der Waals surface area contributed by atoms with Gasteiger partial charge >= 0.3 is 0 Å². The van der Waals surface area contributed by atoms with E-state index in [1.54, 1.807) is 12.1 Å². The molecule has 0 spiro atoms. The van der Waals surface area contributed by atoms with Crippen LogP contribution in [0.3, 0.4) is 0 Å². The summed E-state index contributed by atoms with van der Waals surface area (Å²) in [6.07, 6.45) is 5.76. The second-order valence-electron chi connectivity index (χ2n) is 6.03. The number of carbonyl (C=O) groups is 1. The quantitative estimate of drug-likeness (QED) is 0.800. The summed E-state index contributed by atoms with van der Waals surface area (Å²) >= 11 is 0. The summed E-state index contributed by atoms with van der Waals surface area (Å²) < 4.78 is 3.70. The molecular weight excluding hydrogens is 304 g/mol. The SMILES string of the molecule is Cn1cc(C2CCn3nc(NC(=O)c4ccccc4)nc3C2)cn1. The number of amides is 1. The first-order valence-electron chi connectivity index (χ1n) is 7.98. The van der Waals surface area contributed by atoms with Crippen molar-refractivity contribution in [3.8, 4) is 0 Å². The van der Waals surface area contributed by atoms with E-state index in [4.69, 9.17) is 0 Å². The van der Waals surface area contributed by atoms with E-state index < -0.39 is 0 Å². The number of aromatic nitrogens is 5. The van der Waals surface area contributed by atoms with Crippen molar-refractivity contribution in [3.05, 3.63) is 59.7 Å². The van der Waals surface area contributed by atoms with Crippen LogP contribution in [0.4, 0.5) is 5.95 Å². The van der Waals surface area contributed by atoms with Crippen molar-refractivity contribution in [2.75, 3.05) is 5.32 Å². The number of carbonyl (C=O) groups excluding carboxylic acids is 1. The molecule has 2 aromatic heterocycles. The van der Waals surface area contributed by atoms with Crippen LogP contribution in [0.2, 0.25) is 0 Å². The molecule has 7 heteroatoms. The Morgan fingerprint density at radius 2 is 2.12 bits per heavy atom. The highest BCUT2D eigenvalue weighted by molar-refractivity contribution is 6.03. The molecule has 3 heterocycles. The van der Waals surface area contributed by atoms with Gasteiger partial charge in [-0.3, -0.25) is 14.8 Å². The van der Waals surface area contributed by atoms with Crippen LogP contribution < -0.4 is 5.32 Å². The molecule has 4 rings (SSSR count). The van der Waals surface area contributed by atoms with Crippen LogP contribution in [-0.2, 0) is 20.0 Å². The van der Waals surface area contributed by atoms with Crippen molar-refractivity contribution < 1.29 is 4.79 Å². The van der Waals surface area contributed by atoms with E-state index in [0.29, 0.717) is 17.4 Å². The number of rotatable bonds is 3. The van der Waals surface area contributed by atoms with Crippen LogP contribution >= 0.6 is 0 Å². The van der Waals surface area contributed by atoms with Gasteiger partial charge in [-0.1, -0.05) is 18.2 Å². The monoisotopic (exact) mass is 322 g/mol. The predicted molar refractivity (Wildman–Crippen MR) is 88.7 cm³/mol. The van der Waals surface area contributed by atoms with Gasteiger partial charge in [0.05, 0.1) is 6.20 Å². The van der Waals surface area contributed by atoms with Crippen molar-refractivity contribution >= 4 is 11.9 Å². The Labute approximate surface area is 139 Å². The van der Waals surface area contributed by atoms with Gasteiger partial charge in [0.25, 0.3) is 5.91 Å². The van der Waals surface area contributed by atoms with E-state index in [0.717, 1.165) is 25.2 Å². The van der Waals surface area contributed by atoms with Crippen molar-refractivity contribution in [1.82, 2.24) is 24.5 Å². The van der Waals surface area contributed by atoms with Gasteiger partial charge in [0.2, 0.25) is 5.95 Å². The highest BCUT2D eigenvalue weighted by Gasteiger charge is 2.24. The van der Waals surface area contributed by atoms with Gasteiger partial charge in [-0.2, -0.15) is 10.1 Å². The second kappa shape index (κ2) is 5.92. The molecular formula is C17H18N6O. The van der Waals surface area contributed by atoms with Gasteiger partial charge in [-0.05, 0) is 30.0 Å². The normalized spacial score (nSPS) is 16.6. The molecule has 0 radical (unpaired) electrons. The molecule has 0 fully saturated rings. The Bertz CT molecular complexity index is 866. The van der Waals surface area contributed by atoms with E-state index >= 15 is 0 Å². The van der Waals surface area contributed by atoms with E-state index in [1.807, 2.05) is 40.8 Å². The molecule has 7 nitrogen and oxygen atoms in total. The van der Waals surface area contributed by atoms with Gasteiger partial charge < -0.3 is 0 Å². The fourth-order valence-corrected chi connectivity index (χ4v) is 3.06. The number of nitrogens with zero attached hydrogens (tertiary/aromatic N) is 5. The zero-order valence-corrected chi connectivity index (χ0v) is 13.4. The first kappa shape index (κ1) is 14.6. The van der Waals surface area contributed by atoms with Crippen LogP contribution in [-0.4, -0.2) is 30.5 Å². The van der Waals surface area contributed by atoms with Crippen LogP contribution in [0.25, 0.3) is 0 Å². The minimum absolute atomic E-state index is 0.192. The van der Waals surface area contributed by atoms with Crippen molar-refractivity contribution in [2.45, 2.75) is 25.3 Å². The largest absolute Gasteiger partial charge is 0.289 e. The van der Waals surface area contributed by atoms with Gasteiger partial charge in [-0.25, -0.2) is 4.68 Å². The predicted octanol–water partition coefficient (Wildman–Crippen LogP) is 1.99. The molecule has 1 amide bonds. The lowest BCUT2D eigenvalue weighted by atomic mass is 9.92. The maximum Gasteiger partial charge on any atom is 0.258 e. The van der Waals surface area contributed by atoms with Gasteiger partial charge in [0, 0.05) is 31.8 Å². The Morgan fingerprint density at radius 3 is 2.88 bits per heavy atom. The van der Waals surface area contributed by atoms with Crippen LogP contribution in [0.15, 0.2) is 42.7 Å². The Hall–Kier alpha value is -2.96. The number of hydrogen-bond acceptors (Lipinski definition) is 4. The number of aryl methyl sites for hydroxylation is 2. The zero-order valence-electron chi connectivity index (χ0n) is 13.4. The third kappa shape index (κ3) is 2.80. The van der Waals surface area contributed by atoms with Crippen molar-refractivity contribution in [2.24, 2.45) is 7.05 Å². The molecule has 24 heavy (non-hydrogen) atoms. The van der Waals surface area contributed by atoms with Crippen LogP contribution in [0.5, 0.6) is 0 Å². The van der Waals surface area contributed by atoms with Crippen LogP contribution in [0.1, 0.15) is 34.1 Å². The smallest absolute Gasteiger partial charge is 0.258 e. The van der Waals surface area contributed by atoms with Crippen molar-refractivity contribution in [3.63, 3.8) is 0 Å². The summed E-state index contributed by atoms with van der Waals surface area (Å²) in [5, 5.41) is 11.4. The van der Waals surface area contributed by atoms with Gasteiger partial charge in [0.15, 0.2) is 0 Å². The Balaban J connectivity index is 1.49. The highest BCUT2D eigenvalue weighted by Crippen LogP contribution is 2.28. The number of benzene rings is 1. The van der Waals surface area contributed by atoms with Crippen molar-refractivity contribution in [1.29, 1.82) is 0 Å². The lowest BCUT2D eigenvalue weighted by Crippen LogP contribution is -2.18. The number of hydrogen-bond donors (Lipinski definition) is 1. The highest BCUT2D eigenvalue weighted by atomic mass is 16.1. The molecule has 1 aliphatic rings. The molecule has 0 aliphatic carbocycles. The molecule has 0 bridgehead atoms. The molecule has 1 aromatic carbocycles. The summed E-state index contributed by atoms with van der Waals surface area (Å²) in [4.78, 5) is 16.7. The molecule has 3 aromatic rings. The average molecular weight is 322 g/mol. The third-order valence-corrected chi connectivity index (χ3v) is 4.32. The van der Waals surface area contributed by atoms with E-state index in [2.05, 4.69) is 26.7 Å². The minimum Gasteiger partial charge on any atom is -0.289 e. The second-order valence-corrected chi connectivity index (χ2v) is 6.03. The summed E-state index contributed by atoms with van der Waals surface area (Å²) in [5.74, 6) is 1.47. The number of nitrogens with one attached hydrogen (secondary N) is 1. The maximum atomic E-state index is 12.2. The molecule has 1 N–H and O–H groups in total. The average Bonchev–Trinajstić information content (AvgIpc) is 3.20. The maximum absolute atomic E-state index is 12.2. The molecule has 1 aliphatic heterocycles. The summed E-state index contributed by atoms with van der Waals surface area (Å²) in [7, 11) is 1.92. The first-order valence-corrected chi connectivity index (χ1v) is 7.98. The lowest BCUT2D eigenvalue weighted by Gasteiger charge is -2.20. The lowest BCUT2D eigenvalue weighted by molar-refractivity contribution is 0.102. The minimum atomic E-state index is -0.192. The van der Waals surface area contributed by atoms with E-state index in [-0.39, 0.29) is 5.91 Å². The topological polar surface area (TPSA) is 77.6 Å². The third-order valence-electron chi connectivity index (χ3n) is 4.32. The van der Waals surface area contributed by atoms with Gasteiger partial charge in [-0.15, -0.1) is 5.10 Å². The molecule has 0 saturated carbocycles. The van der Waals surface area contributed by atoms with E-state index in [9.17, 15) is 4.79 Å². The van der Waals surface area contributed by atoms with E-state index in [1.165, 1.54) is 5.56 Å². The standard InChI is InChI=1S/C17H18N6O/c1-22-11-14(10-18-22)13-7-8-23-15(9-13)19-17(21-23)20-16(24)12-5-3-2-4-6-12/h2-6,10-11,13H,7-9H2,1H3,(H,20,21,24). The number of fused-ring (bicyclic) bond motifs is 1. The molecule has 122 valence electrons. The fourth-order valence-electron chi connectivity index (χ4n) is 3.06. The first-order chi connectivity index (χ1) is 11.7. The molecule has 0 saturated heterocycles. The summed E-state index contributed by atoms with van der Waals surface area (Å²) in [6.45, 7) is 0.795. The Kier molecular flexibility index (Phi) is 3.60. The fraction of sp³-hybridized carbons (Fsp3) is 0.294.